The Bertz CT molecular complexity index is 431. The Hall–Kier alpha value is -1.84. The summed E-state index contributed by atoms with van der Waals surface area (Å²) < 4.78 is 0. The first-order valence-corrected chi connectivity index (χ1v) is 5.24. The summed E-state index contributed by atoms with van der Waals surface area (Å²) in [6.45, 7) is 2.00. The second-order valence-electron chi connectivity index (χ2n) is 4.03. The standard InChI is InChI=1S/C12H14N2O2/c1-9-6-12(16)13(2)14(9)11-5-3-4-10(7-11)8-15/h3-5,7-9H,6H2,1-2H3. The average molecular weight is 218 g/mol. The van der Waals surface area contributed by atoms with Crippen molar-refractivity contribution in [3.8, 4) is 0 Å². The van der Waals surface area contributed by atoms with Gasteiger partial charge in [-0.15, -0.1) is 0 Å². The van der Waals surface area contributed by atoms with Crippen molar-refractivity contribution in [1.82, 2.24) is 5.01 Å². The van der Waals surface area contributed by atoms with Crippen LogP contribution in [0.25, 0.3) is 0 Å². The van der Waals surface area contributed by atoms with Gasteiger partial charge in [0.05, 0.1) is 18.2 Å². The molecule has 16 heavy (non-hydrogen) atoms. The lowest BCUT2D eigenvalue weighted by atomic mass is 10.2. The fourth-order valence-corrected chi connectivity index (χ4v) is 2.06. The molecular weight excluding hydrogens is 204 g/mol. The van der Waals surface area contributed by atoms with Crippen LogP contribution in [-0.2, 0) is 4.79 Å². The van der Waals surface area contributed by atoms with E-state index in [1.165, 1.54) is 0 Å². The number of anilines is 1. The van der Waals surface area contributed by atoms with Crippen LogP contribution in [0.2, 0.25) is 0 Å². The van der Waals surface area contributed by atoms with Gasteiger partial charge in [0.2, 0.25) is 5.91 Å². The molecule has 4 nitrogen and oxygen atoms in total. The highest BCUT2D eigenvalue weighted by atomic mass is 16.2. The second-order valence-corrected chi connectivity index (χ2v) is 4.03. The van der Waals surface area contributed by atoms with Crippen molar-refractivity contribution in [1.29, 1.82) is 0 Å². The zero-order valence-corrected chi connectivity index (χ0v) is 9.38. The van der Waals surface area contributed by atoms with E-state index in [1.807, 2.05) is 24.1 Å². The zero-order chi connectivity index (χ0) is 11.7. The largest absolute Gasteiger partial charge is 0.298 e. The highest BCUT2D eigenvalue weighted by Gasteiger charge is 2.32. The molecule has 1 aliphatic rings. The predicted molar refractivity (Wildman–Crippen MR) is 61.2 cm³/mol. The molecule has 1 aliphatic heterocycles. The molecule has 1 heterocycles. The van der Waals surface area contributed by atoms with Gasteiger partial charge in [-0.25, -0.2) is 0 Å². The maximum absolute atomic E-state index is 11.5. The van der Waals surface area contributed by atoms with Crippen molar-refractivity contribution in [2.75, 3.05) is 12.1 Å². The van der Waals surface area contributed by atoms with Crippen LogP contribution in [0.1, 0.15) is 23.7 Å². The number of rotatable bonds is 2. The van der Waals surface area contributed by atoms with E-state index in [4.69, 9.17) is 0 Å². The number of amides is 1. The fraction of sp³-hybridized carbons (Fsp3) is 0.333. The molecule has 0 N–H and O–H groups in total. The third kappa shape index (κ3) is 1.66. The van der Waals surface area contributed by atoms with E-state index in [-0.39, 0.29) is 11.9 Å². The summed E-state index contributed by atoms with van der Waals surface area (Å²) in [7, 11) is 1.75. The van der Waals surface area contributed by atoms with Crippen molar-refractivity contribution in [3.63, 3.8) is 0 Å². The molecule has 0 bridgehead atoms. The van der Waals surface area contributed by atoms with E-state index in [9.17, 15) is 9.59 Å². The molecule has 2 rings (SSSR count). The smallest absolute Gasteiger partial charge is 0.242 e. The number of hydrogen-bond donors (Lipinski definition) is 0. The molecule has 84 valence electrons. The van der Waals surface area contributed by atoms with Gasteiger partial charge in [-0.2, -0.15) is 0 Å². The number of hydrazine groups is 1. The van der Waals surface area contributed by atoms with Crippen molar-refractivity contribution >= 4 is 17.9 Å². The first-order chi connectivity index (χ1) is 7.63. The van der Waals surface area contributed by atoms with Crippen molar-refractivity contribution < 1.29 is 9.59 Å². The van der Waals surface area contributed by atoms with Crippen LogP contribution in [0.4, 0.5) is 5.69 Å². The van der Waals surface area contributed by atoms with Crippen molar-refractivity contribution in [2.45, 2.75) is 19.4 Å². The van der Waals surface area contributed by atoms with Crippen molar-refractivity contribution in [3.05, 3.63) is 29.8 Å². The summed E-state index contributed by atoms with van der Waals surface area (Å²) >= 11 is 0. The molecule has 1 unspecified atom stereocenters. The van der Waals surface area contributed by atoms with Gasteiger partial charge >= 0.3 is 0 Å². The van der Waals surface area contributed by atoms with E-state index in [1.54, 1.807) is 24.2 Å². The van der Waals surface area contributed by atoms with Gasteiger partial charge in [0, 0.05) is 12.6 Å². The first-order valence-electron chi connectivity index (χ1n) is 5.24. The van der Waals surface area contributed by atoms with Crippen LogP contribution in [0.3, 0.4) is 0 Å². The van der Waals surface area contributed by atoms with Gasteiger partial charge in [0.25, 0.3) is 0 Å². The van der Waals surface area contributed by atoms with E-state index in [2.05, 4.69) is 0 Å². The van der Waals surface area contributed by atoms with Crippen LogP contribution >= 0.6 is 0 Å². The number of nitrogens with zero attached hydrogens (tertiary/aromatic N) is 2. The lowest BCUT2D eigenvalue weighted by molar-refractivity contribution is -0.126. The van der Waals surface area contributed by atoms with Crippen molar-refractivity contribution in [2.24, 2.45) is 0 Å². The van der Waals surface area contributed by atoms with Crippen LogP contribution < -0.4 is 5.01 Å². The monoisotopic (exact) mass is 218 g/mol. The Kier molecular flexibility index (Phi) is 2.64. The number of carbonyl (C=O) groups excluding carboxylic acids is 2. The van der Waals surface area contributed by atoms with Gasteiger partial charge in [-0.3, -0.25) is 19.6 Å². The molecule has 1 amide bonds. The molecule has 0 spiro atoms. The Morgan fingerprint density at radius 2 is 2.19 bits per heavy atom. The number of benzene rings is 1. The Morgan fingerprint density at radius 1 is 1.44 bits per heavy atom. The molecule has 0 radical (unpaired) electrons. The highest BCUT2D eigenvalue weighted by Crippen LogP contribution is 2.26. The molecule has 1 aromatic rings. The summed E-state index contributed by atoms with van der Waals surface area (Å²) in [6.07, 6.45) is 1.33. The predicted octanol–water partition coefficient (Wildman–Crippen LogP) is 1.47. The van der Waals surface area contributed by atoms with E-state index in [0.29, 0.717) is 12.0 Å². The average Bonchev–Trinajstić information content (AvgIpc) is 2.53. The van der Waals surface area contributed by atoms with Crippen LogP contribution in [0.15, 0.2) is 24.3 Å². The number of hydrogen-bond acceptors (Lipinski definition) is 3. The minimum Gasteiger partial charge on any atom is -0.298 e. The summed E-state index contributed by atoms with van der Waals surface area (Å²) in [5.41, 5.74) is 1.50. The molecule has 1 atom stereocenters. The maximum Gasteiger partial charge on any atom is 0.242 e. The second kappa shape index (κ2) is 3.96. The van der Waals surface area contributed by atoms with E-state index >= 15 is 0 Å². The summed E-state index contributed by atoms with van der Waals surface area (Å²) in [5.74, 6) is 0.101. The van der Waals surface area contributed by atoms with Gasteiger partial charge in [0.1, 0.15) is 6.29 Å². The number of carbonyl (C=O) groups is 2. The molecular formula is C12H14N2O2. The fourth-order valence-electron chi connectivity index (χ4n) is 2.06. The lowest BCUT2D eigenvalue weighted by Crippen LogP contribution is -2.38. The minimum atomic E-state index is 0.101. The Morgan fingerprint density at radius 3 is 2.75 bits per heavy atom. The SMILES string of the molecule is CC1CC(=O)N(C)N1c1cccc(C=O)c1. The van der Waals surface area contributed by atoms with Crippen LogP contribution in [0, 0.1) is 0 Å². The van der Waals surface area contributed by atoms with Gasteiger partial charge in [0.15, 0.2) is 0 Å². The Balaban J connectivity index is 2.36. The third-order valence-corrected chi connectivity index (χ3v) is 2.84. The number of aldehydes is 1. The molecule has 0 saturated carbocycles. The summed E-state index contributed by atoms with van der Waals surface area (Å²) in [5, 5.41) is 3.52. The maximum atomic E-state index is 11.5. The van der Waals surface area contributed by atoms with Gasteiger partial charge < -0.3 is 0 Å². The molecule has 0 aliphatic carbocycles. The van der Waals surface area contributed by atoms with E-state index < -0.39 is 0 Å². The van der Waals surface area contributed by atoms with Gasteiger partial charge in [-0.05, 0) is 19.1 Å². The Labute approximate surface area is 94.4 Å². The first kappa shape index (κ1) is 10.7. The topological polar surface area (TPSA) is 40.6 Å². The van der Waals surface area contributed by atoms with Crippen LogP contribution in [-0.4, -0.2) is 30.3 Å². The molecule has 0 aromatic heterocycles. The molecule has 4 heteroatoms. The highest BCUT2D eigenvalue weighted by molar-refractivity contribution is 5.83. The summed E-state index contributed by atoms with van der Waals surface area (Å²) in [4.78, 5) is 22.2. The molecule has 1 fully saturated rings. The normalized spacial score (nSPS) is 20.4. The minimum absolute atomic E-state index is 0.101. The third-order valence-electron chi connectivity index (χ3n) is 2.84. The quantitative estimate of drug-likeness (QED) is 0.706. The molecule has 1 saturated heterocycles. The van der Waals surface area contributed by atoms with Gasteiger partial charge in [-0.1, -0.05) is 12.1 Å². The lowest BCUT2D eigenvalue weighted by Gasteiger charge is -2.29. The summed E-state index contributed by atoms with van der Waals surface area (Å²) in [6, 6.07) is 7.40. The molecule has 1 aromatic carbocycles. The van der Waals surface area contributed by atoms with E-state index in [0.717, 1.165) is 12.0 Å². The zero-order valence-electron chi connectivity index (χ0n) is 9.38. The van der Waals surface area contributed by atoms with Crippen LogP contribution in [0.5, 0.6) is 0 Å².